The number of carbonyl (C=O) groups excluding carboxylic acids is 4. The van der Waals surface area contributed by atoms with Crippen LogP contribution in [0, 0.1) is 0 Å². The molecule has 0 aromatic carbocycles. The Morgan fingerprint density at radius 1 is 0.917 bits per heavy atom. The lowest BCUT2D eigenvalue weighted by atomic mass is 10.1. The van der Waals surface area contributed by atoms with Crippen molar-refractivity contribution < 1.29 is 38.6 Å². The lowest BCUT2D eigenvalue weighted by Crippen LogP contribution is -2.53. The molecule has 0 spiro atoms. The number of aromatic nitrogens is 2. The summed E-state index contributed by atoms with van der Waals surface area (Å²) in [6.07, 6.45) is 6.83. The van der Waals surface area contributed by atoms with Crippen LogP contribution in [0.4, 0.5) is 0 Å². The number of hydrogen-bond donors (Lipinski definition) is 4. The van der Waals surface area contributed by atoms with E-state index < -0.39 is 41.8 Å². The molecule has 0 fully saturated rings. The highest BCUT2D eigenvalue weighted by atomic mass is 16.5. The molecule has 1 heterocycles. The summed E-state index contributed by atoms with van der Waals surface area (Å²) < 4.78 is 10.5. The molecule has 0 aliphatic heterocycles. The Hall–Kier alpha value is -3.44. The van der Waals surface area contributed by atoms with Crippen LogP contribution >= 0.6 is 0 Å². The molecule has 2 unspecified atom stereocenters. The lowest BCUT2D eigenvalue weighted by molar-refractivity contribution is -0.149. The predicted octanol–water partition coefficient (Wildman–Crippen LogP) is 1.64. The van der Waals surface area contributed by atoms with Crippen LogP contribution in [-0.4, -0.2) is 70.1 Å². The highest BCUT2D eigenvalue weighted by Gasteiger charge is 2.26. The summed E-state index contributed by atoms with van der Waals surface area (Å²) in [5.41, 5.74) is 0.499. The first kappa shape index (κ1) is 30.6. The van der Waals surface area contributed by atoms with Crippen molar-refractivity contribution in [2.75, 3.05) is 13.2 Å². The Kier molecular flexibility index (Phi) is 15.2. The van der Waals surface area contributed by atoms with Crippen molar-refractivity contribution in [2.45, 2.75) is 90.1 Å². The molecule has 0 saturated carbocycles. The van der Waals surface area contributed by atoms with Crippen molar-refractivity contribution in [1.82, 2.24) is 20.6 Å². The number of carboxylic acids is 1. The van der Waals surface area contributed by atoms with Gasteiger partial charge in [0.2, 0.25) is 11.8 Å². The van der Waals surface area contributed by atoms with E-state index in [-0.39, 0.29) is 45.3 Å². The molecule has 2 atom stereocenters. The standard InChI is InChI=1S/C24H38N4O8/c1-3-5-7-9-23(33)36-15-18(14-35-22(32)8-6-4-2)27-24(34)19(12-17-13-25-16-26-17)28-20(29)10-11-21(30)31/h13,16,18-19H,3-12,14-15H2,1-2H3,(H,25,26)(H,27,34)(H,28,29)(H,30,31). The molecule has 0 radical (unpaired) electrons. The number of unbranched alkanes of at least 4 members (excludes halogenated alkanes) is 3. The van der Waals surface area contributed by atoms with Crippen LogP contribution in [0.15, 0.2) is 12.5 Å². The van der Waals surface area contributed by atoms with E-state index >= 15 is 0 Å². The molecule has 1 aromatic rings. The van der Waals surface area contributed by atoms with Gasteiger partial charge in [-0.3, -0.25) is 24.0 Å². The highest BCUT2D eigenvalue weighted by molar-refractivity contribution is 5.89. The van der Waals surface area contributed by atoms with E-state index in [1.807, 2.05) is 13.8 Å². The van der Waals surface area contributed by atoms with E-state index in [2.05, 4.69) is 20.6 Å². The molecule has 12 nitrogen and oxygen atoms in total. The van der Waals surface area contributed by atoms with Crippen molar-refractivity contribution in [3.05, 3.63) is 18.2 Å². The molecular formula is C24H38N4O8. The number of ether oxygens (including phenoxy) is 2. The third kappa shape index (κ3) is 14.1. The summed E-state index contributed by atoms with van der Waals surface area (Å²) in [7, 11) is 0. The highest BCUT2D eigenvalue weighted by Crippen LogP contribution is 2.05. The molecule has 36 heavy (non-hydrogen) atoms. The summed E-state index contributed by atoms with van der Waals surface area (Å²) in [5, 5.41) is 14.0. The van der Waals surface area contributed by atoms with Crippen LogP contribution in [0.2, 0.25) is 0 Å². The van der Waals surface area contributed by atoms with Crippen molar-refractivity contribution in [1.29, 1.82) is 0 Å². The Labute approximate surface area is 210 Å². The number of nitrogens with zero attached hydrogens (tertiary/aromatic N) is 1. The van der Waals surface area contributed by atoms with E-state index in [0.717, 1.165) is 19.3 Å². The third-order valence-corrected chi connectivity index (χ3v) is 5.14. The average Bonchev–Trinajstić information content (AvgIpc) is 3.35. The molecule has 1 rings (SSSR count). The van der Waals surface area contributed by atoms with Crippen molar-refractivity contribution >= 4 is 29.7 Å². The first-order chi connectivity index (χ1) is 17.2. The number of carbonyl (C=O) groups is 5. The van der Waals surface area contributed by atoms with Gasteiger partial charge >= 0.3 is 17.9 Å². The molecule has 0 saturated heterocycles. The number of esters is 2. The van der Waals surface area contributed by atoms with Gasteiger partial charge in [0.25, 0.3) is 0 Å². The van der Waals surface area contributed by atoms with Crippen LogP contribution in [0.3, 0.4) is 0 Å². The summed E-state index contributed by atoms with van der Waals surface area (Å²) in [5.74, 6) is -3.21. The second-order valence-corrected chi connectivity index (χ2v) is 8.41. The second-order valence-electron chi connectivity index (χ2n) is 8.41. The number of aromatic amines is 1. The van der Waals surface area contributed by atoms with Gasteiger partial charge in [-0.1, -0.05) is 33.1 Å². The molecule has 0 bridgehead atoms. The summed E-state index contributed by atoms with van der Waals surface area (Å²) >= 11 is 0. The topological polar surface area (TPSA) is 177 Å². The fourth-order valence-electron chi connectivity index (χ4n) is 3.11. The summed E-state index contributed by atoms with van der Waals surface area (Å²) in [6.45, 7) is 3.54. The van der Waals surface area contributed by atoms with Crippen molar-refractivity contribution in [3.63, 3.8) is 0 Å². The van der Waals surface area contributed by atoms with Gasteiger partial charge in [-0.2, -0.15) is 0 Å². The molecule has 0 aliphatic rings. The number of nitrogens with one attached hydrogen (secondary N) is 3. The zero-order valence-corrected chi connectivity index (χ0v) is 21.0. The van der Waals surface area contributed by atoms with E-state index in [0.29, 0.717) is 18.5 Å². The summed E-state index contributed by atoms with van der Waals surface area (Å²) in [6, 6.07) is -1.91. The maximum Gasteiger partial charge on any atom is 0.305 e. The first-order valence-electron chi connectivity index (χ1n) is 12.4. The van der Waals surface area contributed by atoms with Crippen LogP contribution in [0.5, 0.6) is 0 Å². The van der Waals surface area contributed by atoms with Crippen molar-refractivity contribution in [2.24, 2.45) is 0 Å². The van der Waals surface area contributed by atoms with Gasteiger partial charge in [0.05, 0.1) is 24.5 Å². The Morgan fingerprint density at radius 3 is 2.11 bits per heavy atom. The van der Waals surface area contributed by atoms with Gasteiger partial charge in [0.1, 0.15) is 19.3 Å². The first-order valence-corrected chi connectivity index (χ1v) is 12.4. The fraction of sp³-hybridized carbons (Fsp3) is 0.667. The molecule has 0 aliphatic carbocycles. The molecule has 2 amide bonds. The average molecular weight is 511 g/mol. The number of aliphatic carboxylic acids is 1. The normalized spacial score (nSPS) is 12.3. The van der Waals surface area contributed by atoms with Gasteiger partial charge in [-0.15, -0.1) is 0 Å². The number of amides is 2. The molecule has 12 heteroatoms. The largest absolute Gasteiger partial charge is 0.481 e. The van der Waals surface area contributed by atoms with Gasteiger partial charge in [0, 0.05) is 31.9 Å². The Bertz CT molecular complexity index is 828. The quantitative estimate of drug-likeness (QED) is 0.159. The molecule has 202 valence electrons. The fourth-order valence-corrected chi connectivity index (χ4v) is 3.11. The third-order valence-electron chi connectivity index (χ3n) is 5.14. The Morgan fingerprint density at radius 2 is 1.56 bits per heavy atom. The smallest absolute Gasteiger partial charge is 0.305 e. The van der Waals surface area contributed by atoms with E-state index in [1.54, 1.807) is 6.20 Å². The van der Waals surface area contributed by atoms with Gasteiger partial charge in [-0.05, 0) is 12.8 Å². The monoisotopic (exact) mass is 510 g/mol. The lowest BCUT2D eigenvalue weighted by Gasteiger charge is -2.23. The van der Waals surface area contributed by atoms with E-state index in [4.69, 9.17) is 14.6 Å². The van der Waals surface area contributed by atoms with Gasteiger partial charge in [-0.25, -0.2) is 4.98 Å². The van der Waals surface area contributed by atoms with Crippen LogP contribution < -0.4 is 10.6 Å². The summed E-state index contributed by atoms with van der Waals surface area (Å²) in [4.78, 5) is 66.9. The minimum Gasteiger partial charge on any atom is -0.481 e. The van der Waals surface area contributed by atoms with E-state index in [1.165, 1.54) is 6.33 Å². The molecule has 1 aromatic heterocycles. The maximum atomic E-state index is 13.1. The van der Waals surface area contributed by atoms with E-state index in [9.17, 15) is 24.0 Å². The zero-order valence-electron chi connectivity index (χ0n) is 21.0. The number of H-pyrrole nitrogens is 1. The van der Waals surface area contributed by atoms with Crippen LogP contribution in [0.1, 0.15) is 77.3 Å². The second kappa shape index (κ2) is 17.9. The number of imidazole rings is 1. The number of carboxylic acid groups (broad SMARTS) is 1. The van der Waals surface area contributed by atoms with Crippen molar-refractivity contribution in [3.8, 4) is 0 Å². The number of hydrogen-bond acceptors (Lipinski definition) is 8. The van der Waals surface area contributed by atoms with Crippen LogP contribution in [-0.2, 0) is 39.9 Å². The molecular weight excluding hydrogens is 472 g/mol. The SMILES string of the molecule is CCCCCC(=O)OCC(COC(=O)CCCC)NC(=O)C(Cc1c[nH]cn1)NC(=O)CCC(=O)O. The minimum atomic E-state index is -1.14. The van der Waals surface area contributed by atoms with Gasteiger partial charge in [0.15, 0.2) is 0 Å². The van der Waals surface area contributed by atoms with Crippen LogP contribution in [0.25, 0.3) is 0 Å². The maximum absolute atomic E-state index is 13.1. The Balaban J connectivity index is 2.84. The zero-order chi connectivity index (χ0) is 26.8. The number of rotatable bonds is 19. The predicted molar refractivity (Wildman–Crippen MR) is 129 cm³/mol. The minimum absolute atomic E-state index is 0.0357. The van der Waals surface area contributed by atoms with Gasteiger partial charge < -0.3 is 30.2 Å². The molecule has 4 N–H and O–H groups in total.